The number of nitro benzene ring substituents is 1. The SMILES string of the molecule is O=C(O)C1CN(C(=O)OCc2ccccc2)CCN1c1ccccc1[N+](=O)[O-]. The first kappa shape index (κ1) is 19.2. The van der Waals surface area contributed by atoms with Gasteiger partial charge in [-0.25, -0.2) is 9.59 Å². The number of aliphatic carboxylic acids is 1. The number of para-hydroxylation sites is 2. The summed E-state index contributed by atoms with van der Waals surface area (Å²) in [6.45, 7) is 0.294. The largest absolute Gasteiger partial charge is 0.480 e. The van der Waals surface area contributed by atoms with E-state index in [-0.39, 0.29) is 37.6 Å². The highest BCUT2D eigenvalue weighted by atomic mass is 16.6. The number of amides is 1. The summed E-state index contributed by atoms with van der Waals surface area (Å²) in [6, 6.07) is 14.0. The van der Waals surface area contributed by atoms with Gasteiger partial charge in [-0.1, -0.05) is 42.5 Å². The van der Waals surface area contributed by atoms with E-state index < -0.39 is 23.0 Å². The number of carboxylic acid groups (broad SMARTS) is 1. The highest BCUT2D eigenvalue weighted by molar-refractivity contribution is 5.82. The lowest BCUT2D eigenvalue weighted by Crippen LogP contribution is -2.58. The molecule has 0 aromatic heterocycles. The van der Waals surface area contributed by atoms with E-state index in [1.807, 2.05) is 30.3 Å². The summed E-state index contributed by atoms with van der Waals surface area (Å²) in [6.07, 6.45) is -0.614. The van der Waals surface area contributed by atoms with E-state index in [1.54, 1.807) is 6.07 Å². The molecule has 0 radical (unpaired) electrons. The van der Waals surface area contributed by atoms with Gasteiger partial charge >= 0.3 is 12.1 Å². The predicted octanol–water partition coefficient (Wildman–Crippen LogP) is 2.51. The molecular formula is C19H19N3O6. The standard InChI is InChI=1S/C19H19N3O6/c23-18(24)17-12-20(19(25)28-13-14-6-2-1-3-7-14)10-11-21(17)15-8-4-5-9-16(15)22(26)27/h1-9,17H,10-13H2,(H,23,24). The number of carboxylic acids is 1. The van der Waals surface area contributed by atoms with Crippen molar-refractivity contribution in [1.29, 1.82) is 0 Å². The van der Waals surface area contributed by atoms with Crippen molar-refractivity contribution in [1.82, 2.24) is 4.90 Å². The lowest BCUT2D eigenvalue weighted by Gasteiger charge is -2.39. The summed E-state index contributed by atoms with van der Waals surface area (Å²) in [5, 5.41) is 20.9. The molecule has 1 saturated heterocycles. The first-order valence-electron chi connectivity index (χ1n) is 8.66. The van der Waals surface area contributed by atoms with Crippen LogP contribution in [-0.4, -0.2) is 52.7 Å². The fraction of sp³-hybridized carbons (Fsp3) is 0.263. The molecule has 2 aromatic rings. The van der Waals surface area contributed by atoms with Gasteiger partial charge in [0.1, 0.15) is 18.3 Å². The summed E-state index contributed by atoms with van der Waals surface area (Å²) in [4.78, 5) is 37.6. The summed E-state index contributed by atoms with van der Waals surface area (Å²) < 4.78 is 5.27. The van der Waals surface area contributed by atoms with E-state index in [4.69, 9.17) is 4.74 Å². The number of benzene rings is 2. The Labute approximate surface area is 160 Å². The molecule has 1 atom stereocenters. The van der Waals surface area contributed by atoms with Gasteiger partial charge in [-0.05, 0) is 11.6 Å². The number of hydrogen-bond donors (Lipinski definition) is 1. The topological polar surface area (TPSA) is 113 Å². The molecular weight excluding hydrogens is 366 g/mol. The molecule has 1 N–H and O–H groups in total. The van der Waals surface area contributed by atoms with Crippen LogP contribution in [0.5, 0.6) is 0 Å². The maximum absolute atomic E-state index is 12.3. The van der Waals surface area contributed by atoms with Crippen molar-refractivity contribution in [3.63, 3.8) is 0 Å². The van der Waals surface area contributed by atoms with Gasteiger partial charge in [0.2, 0.25) is 0 Å². The van der Waals surface area contributed by atoms with Gasteiger partial charge in [-0.3, -0.25) is 10.1 Å². The molecule has 0 spiro atoms. The van der Waals surface area contributed by atoms with Gasteiger partial charge in [-0.15, -0.1) is 0 Å². The maximum Gasteiger partial charge on any atom is 0.410 e. The second-order valence-corrected chi connectivity index (χ2v) is 6.28. The number of nitro groups is 1. The summed E-state index contributed by atoms with van der Waals surface area (Å²) in [7, 11) is 0. The molecule has 1 fully saturated rings. The Morgan fingerprint density at radius 2 is 1.79 bits per heavy atom. The Balaban J connectivity index is 1.72. The third-order valence-corrected chi connectivity index (χ3v) is 4.52. The minimum Gasteiger partial charge on any atom is -0.480 e. The maximum atomic E-state index is 12.3. The molecule has 2 aromatic carbocycles. The van der Waals surface area contributed by atoms with Crippen LogP contribution in [0.4, 0.5) is 16.2 Å². The molecule has 9 heteroatoms. The number of rotatable bonds is 5. The average Bonchev–Trinajstić information content (AvgIpc) is 2.72. The minimum absolute atomic E-state index is 0.0851. The smallest absolute Gasteiger partial charge is 0.410 e. The minimum atomic E-state index is -1.17. The van der Waals surface area contributed by atoms with Crippen LogP contribution in [-0.2, 0) is 16.1 Å². The number of anilines is 1. The Morgan fingerprint density at radius 3 is 2.46 bits per heavy atom. The van der Waals surface area contributed by atoms with E-state index in [9.17, 15) is 24.8 Å². The van der Waals surface area contributed by atoms with Crippen LogP contribution in [0.15, 0.2) is 54.6 Å². The fourth-order valence-electron chi connectivity index (χ4n) is 3.12. The molecule has 3 rings (SSSR count). The number of nitrogens with zero attached hydrogens (tertiary/aromatic N) is 3. The predicted molar refractivity (Wildman–Crippen MR) is 100 cm³/mol. The average molecular weight is 385 g/mol. The molecule has 9 nitrogen and oxygen atoms in total. The van der Waals surface area contributed by atoms with Gasteiger partial charge in [0, 0.05) is 19.2 Å². The van der Waals surface area contributed by atoms with E-state index in [1.165, 1.54) is 28.0 Å². The molecule has 1 heterocycles. The third-order valence-electron chi connectivity index (χ3n) is 4.52. The number of carbonyl (C=O) groups is 2. The summed E-state index contributed by atoms with van der Waals surface area (Å²) in [5.74, 6) is -1.17. The normalized spacial score (nSPS) is 16.5. The highest BCUT2D eigenvalue weighted by Crippen LogP contribution is 2.30. The van der Waals surface area contributed by atoms with Crippen LogP contribution in [0.2, 0.25) is 0 Å². The van der Waals surface area contributed by atoms with Crippen LogP contribution in [0.1, 0.15) is 5.56 Å². The second-order valence-electron chi connectivity index (χ2n) is 6.28. The van der Waals surface area contributed by atoms with Gasteiger partial charge < -0.3 is 19.6 Å². The molecule has 1 aliphatic heterocycles. The van der Waals surface area contributed by atoms with Gasteiger partial charge in [0.25, 0.3) is 5.69 Å². The molecule has 28 heavy (non-hydrogen) atoms. The third kappa shape index (κ3) is 4.20. The van der Waals surface area contributed by atoms with Crippen molar-refractivity contribution in [3.8, 4) is 0 Å². The van der Waals surface area contributed by atoms with E-state index in [0.717, 1.165) is 5.56 Å². The van der Waals surface area contributed by atoms with Crippen LogP contribution < -0.4 is 4.90 Å². The first-order valence-corrected chi connectivity index (χ1v) is 8.66. The lowest BCUT2D eigenvalue weighted by atomic mass is 10.1. The number of ether oxygens (including phenoxy) is 1. The van der Waals surface area contributed by atoms with Crippen LogP contribution >= 0.6 is 0 Å². The zero-order chi connectivity index (χ0) is 20.1. The van der Waals surface area contributed by atoms with Crippen LogP contribution in [0.25, 0.3) is 0 Å². The molecule has 0 bridgehead atoms. The Kier molecular flexibility index (Phi) is 5.73. The quantitative estimate of drug-likeness (QED) is 0.621. The zero-order valence-electron chi connectivity index (χ0n) is 14.9. The van der Waals surface area contributed by atoms with Crippen molar-refractivity contribution < 1.29 is 24.4 Å². The number of hydrogen-bond acceptors (Lipinski definition) is 6. The Hall–Kier alpha value is -3.62. The summed E-state index contributed by atoms with van der Waals surface area (Å²) >= 11 is 0. The van der Waals surface area contributed by atoms with E-state index in [2.05, 4.69) is 0 Å². The van der Waals surface area contributed by atoms with Crippen molar-refractivity contribution in [2.75, 3.05) is 24.5 Å². The molecule has 1 amide bonds. The summed E-state index contributed by atoms with van der Waals surface area (Å²) in [5.41, 5.74) is 0.871. The van der Waals surface area contributed by atoms with E-state index >= 15 is 0 Å². The van der Waals surface area contributed by atoms with Gasteiger partial charge in [-0.2, -0.15) is 0 Å². The Morgan fingerprint density at radius 1 is 1.11 bits per heavy atom. The number of piperazine rings is 1. The van der Waals surface area contributed by atoms with Crippen LogP contribution in [0.3, 0.4) is 0 Å². The van der Waals surface area contributed by atoms with Crippen LogP contribution in [0, 0.1) is 10.1 Å². The van der Waals surface area contributed by atoms with Crippen molar-refractivity contribution in [2.45, 2.75) is 12.6 Å². The Bertz CT molecular complexity index is 873. The molecule has 0 saturated carbocycles. The van der Waals surface area contributed by atoms with E-state index in [0.29, 0.717) is 0 Å². The molecule has 1 aliphatic rings. The van der Waals surface area contributed by atoms with Gasteiger partial charge in [0.05, 0.1) is 11.5 Å². The molecule has 146 valence electrons. The first-order chi connectivity index (χ1) is 13.5. The molecule has 0 aliphatic carbocycles. The highest BCUT2D eigenvalue weighted by Gasteiger charge is 2.37. The van der Waals surface area contributed by atoms with Gasteiger partial charge in [0.15, 0.2) is 0 Å². The second kappa shape index (κ2) is 8.38. The number of carbonyl (C=O) groups excluding carboxylic acids is 1. The molecule has 1 unspecified atom stereocenters. The van der Waals surface area contributed by atoms with Crippen molar-refractivity contribution in [2.24, 2.45) is 0 Å². The van der Waals surface area contributed by atoms with Crippen molar-refractivity contribution >= 4 is 23.4 Å². The fourth-order valence-corrected chi connectivity index (χ4v) is 3.12. The lowest BCUT2D eigenvalue weighted by molar-refractivity contribution is -0.384. The monoisotopic (exact) mass is 385 g/mol. The van der Waals surface area contributed by atoms with Crippen molar-refractivity contribution in [3.05, 3.63) is 70.3 Å². The zero-order valence-corrected chi connectivity index (χ0v) is 14.9.